The summed E-state index contributed by atoms with van der Waals surface area (Å²) in [4.78, 5) is 0. The van der Waals surface area contributed by atoms with E-state index in [1.54, 1.807) is 0 Å². The lowest BCUT2D eigenvalue weighted by molar-refractivity contribution is 1.27. The Balaban J connectivity index is 3.09. The van der Waals surface area contributed by atoms with Crippen LogP contribution < -0.4 is 0 Å². The standard InChI is InChI=1S/C8H10S4/c9-7(10)5-3-1-2-4-6(5)8(11)12/h1-4,7-12H. The summed E-state index contributed by atoms with van der Waals surface area (Å²) in [6.07, 6.45) is 0. The molecule has 0 saturated carbocycles. The van der Waals surface area contributed by atoms with E-state index < -0.39 is 0 Å². The first kappa shape index (κ1) is 10.7. The van der Waals surface area contributed by atoms with Crippen molar-refractivity contribution in [2.75, 3.05) is 0 Å². The Hall–Kier alpha value is 0.620. The van der Waals surface area contributed by atoms with Gasteiger partial charge in [-0.05, 0) is 11.1 Å². The zero-order valence-corrected chi connectivity index (χ0v) is 9.83. The minimum absolute atomic E-state index is 0.0667. The first-order valence-electron chi connectivity index (χ1n) is 3.44. The molecule has 0 aliphatic heterocycles. The average molecular weight is 234 g/mol. The van der Waals surface area contributed by atoms with Gasteiger partial charge in [0, 0.05) is 0 Å². The van der Waals surface area contributed by atoms with Gasteiger partial charge in [0.2, 0.25) is 0 Å². The van der Waals surface area contributed by atoms with E-state index in [0.717, 1.165) is 11.1 Å². The molecular weight excluding hydrogens is 224 g/mol. The fraction of sp³-hybridized carbons (Fsp3) is 0.250. The molecule has 0 unspecified atom stereocenters. The van der Waals surface area contributed by atoms with Crippen molar-refractivity contribution < 1.29 is 0 Å². The lowest BCUT2D eigenvalue weighted by atomic mass is 10.1. The van der Waals surface area contributed by atoms with Gasteiger partial charge < -0.3 is 0 Å². The van der Waals surface area contributed by atoms with Gasteiger partial charge in [-0.2, -0.15) is 50.5 Å². The molecule has 0 aliphatic carbocycles. The Morgan fingerprint density at radius 1 is 0.750 bits per heavy atom. The zero-order chi connectivity index (χ0) is 9.14. The van der Waals surface area contributed by atoms with Crippen LogP contribution in [-0.2, 0) is 0 Å². The average Bonchev–Trinajstić information content (AvgIpc) is 2.04. The van der Waals surface area contributed by atoms with Gasteiger partial charge in [0.15, 0.2) is 0 Å². The normalized spacial score (nSPS) is 11.2. The number of hydrogen-bond donors (Lipinski definition) is 4. The third-order valence-electron chi connectivity index (χ3n) is 1.55. The van der Waals surface area contributed by atoms with Crippen LogP contribution in [0.2, 0.25) is 0 Å². The van der Waals surface area contributed by atoms with Crippen molar-refractivity contribution in [3.05, 3.63) is 35.4 Å². The Labute approximate surface area is 94.8 Å². The van der Waals surface area contributed by atoms with Gasteiger partial charge in [-0.3, -0.25) is 0 Å². The molecule has 66 valence electrons. The minimum Gasteiger partial charge on any atom is -0.160 e. The van der Waals surface area contributed by atoms with Crippen molar-refractivity contribution in [3.63, 3.8) is 0 Å². The summed E-state index contributed by atoms with van der Waals surface area (Å²) in [7, 11) is 0. The van der Waals surface area contributed by atoms with E-state index in [9.17, 15) is 0 Å². The van der Waals surface area contributed by atoms with E-state index in [1.807, 2.05) is 24.3 Å². The van der Waals surface area contributed by atoms with Gasteiger partial charge in [0.25, 0.3) is 0 Å². The molecule has 4 heteroatoms. The third kappa shape index (κ3) is 2.55. The van der Waals surface area contributed by atoms with Gasteiger partial charge >= 0.3 is 0 Å². The van der Waals surface area contributed by atoms with Crippen molar-refractivity contribution >= 4 is 50.5 Å². The largest absolute Gasteiger partial charge is 0.160 e. The van der Waals surface area contributed by atoms with E-state index in [4.69, 9.17) is 0 Å². The molecule has 0 amide bonds. The summed E-state index contributed by atoms with van der Waals surface area (Å²) in [5.41, 5.74) is 2.14. The molecule has 1 rings (SSSR count). The highest BCUT2D eigenvalue weighted by atomic mass is 32.2. The lowest BCUT2D eigenvalue weighted by Gasteiger charge is -2.12. The Morgan fingerprint density at radius 2 is 1.08 bits per heavy atom. The molecule has 0 saturated heterocycles. The second kappa shape index (κ2) is 4.74. The van der Waals surface area contributed by atoms with Crippen molar-refractivity contribution in [2.45, 2.75) is 9.16 Å². The molecule has 0 atom stereocenters. The maximum absolute atomic E-state index is 4.25. The summed E-state index contributed by atoms with van der Waals surface area (Å²) in [5, 5.41) is 0. The molecule has 0 aliphatic rings. The van der Waals surface area contributed by atoms with E-state index in [2.05, 4.69) is 50.5 Å². The van der Waals surface area contributed by atoms with E-state index >= 15 is 0 Å². The van der Waals surface area contributed by atoms with Gasteiger partial charge in [-0.25, -0.2) is 0 Å². The predicted molar refractivity (Wildman–Crippen MR) is 67.9 cm³/mol. The third-order valence-corrected chi connectivity index (χ3v) is 2.67. The van der Waals surface area contributed by atoms with Gasteiger partial charge in [0.05, 0.1) is 9.16 Å². The van der Waals surface area contributed by atoms with Crippen LogP contribution >= 0.6 is 50.5 Å². The Morgan fingerprint density at radius 3 is 1.33 bits per heavy atom. The maximum Gasteiger partial charge on any atom is 0.0695 e. The van der Waals surface area contributed by atoms with Crippen LogP contribution in [-0.4, -0.2) is 0 Å². The molecule has 1 aromatic rings. The molecule has 1 aromatic carbocycles. The van der Waals surface area contributed by atoms with Crippen LogP contribution in [0, 0.1) is 0 Å². The van der Waals surface area contributed by atoms with Crippen molar-refractivity contribution in [2.24, 2.45) is 0 Å². The molecule has 0 fully saturated rings. The lowest BCUT2D eigenvalue weighted by Crippen LogP contribution is -1.91. The van der Waals surface area contributed by atoms with Crippen LogP contribution in [0.3, 0.4) is 0 Å². The van der Waals surface area contributed by atoms with Crippen LogP contribution in [0.25, 0.3) is 0 Å². The first-order chi connectivity index (χ1) is 5.63. The number of rotatable bonds is 2. The van der Waals surface area contributed by atoms with Gasteiger partial charge in [0.1, 0.15) is 0 Å². The predicted octanol–water partition coefficient (Wildman–Crippen LogP) is 3.40. The smallest absolute Gasteiger partial charge is 0.0695 e. The van der Waals surface area contributed by atoms with Crippen LogP contribution in [0.4, 0.5) is 0 Å². The Bertz CT molecular complexity index is 230. The zero-order valence-electron chi connectivity index (χ0n) is 6.25. The second-order valence-corrected chi connectivity index (χ2v) is 5.26. The molecule has 0 heterocycles. The highest BCUT2D eigenvalue weighted by Crippen LogP contribution is 2.34. The highest BCUT2D eigenvalue weighted by Gasteiger charge is 2.09. The molecule has 0 bridgehead atoms. The summed E-state index contributed by atoms with van der Waals surface area (Å²) < 4.78 is -0.133. The molecule has 0 nitrogen and oxygen atoms in total. The molecule has 12 heavy (non-hydrogen) atoms. The second-order valence-electron chi connectivity index (χ2n) is 2.38. The summed E-state index contributed by atoms with van der Waals surface area (Å²) >= 11 is 17.0. The SMILES string of the molecule is SC(S)c1ccccc1C(S)S. The molecule has 0 aromatic heterocycles. The molecule has 0 N–H and O–H groups in total. The summed E-state index contributed by atoms with van der Waals surface area (Å²) in [6.45, 7) is 0. The quantitative estimate of drug-likeness (QED) is 0.437. The van der Waals surface area contributed by atoms with Crippen molar-refractivity contribution in [3.8, 4) is 0 Å². The highest BCUT2D eigenvalue weighted by molar-refractivity contribution is 7.99. The van der Waals surface area contributed by atoms with Crippen LogP contribution in [0.15, 0.2) is 24.3 Å². The summed E-state index contributed by atoms with van der Waals surface area (Å²) in [6, 6.07) is 7.89. The molecule has 0 radical (unpaired) electrons. The summed E-state index contributed by atoms with van der Waals surface area (Å²) in [5.74, 6) is 0. The van der Waals surface area contributed by atoms with E-state index in [1.165, 1.54) is 0 Å². The monoisotopic (exact) mass is 234 g/mol. The number of benzene rings is 1. The number of thiol groups is 4. The van der Waals surface area contributed by atoms with E-state index in [0.29, 0.717) is 0 Å². The molecule has 0 spiro atoms. The fourth-order valence-electron chi connectivity index (χ4n) is 0.981. The van der Waals surface area contributed by atoms with E-state index in [-0.39, 0.29) is 9.16 Å². The van der Waals surface area contributed by atoms with Crippen LogP contribution in [0.5, 0.6) is 0 Å². The topological polar surface area (TPSA) is 0 Å². The first-order valence-corrected chi connectivity index (χ1v) is 5.50. The van der Waals surface area contributed by atoms with Crippen molar-refractivity contribution in [1.82, 2.24) is 0 Å². The number of hydrogen-bond acceptors (Lipinski definition) is 4. The molecular formula is C8H10S4. The fourth-order valence-corrected chi connectivity index (χ4v) is 1.92. The van der Waals surface area contributed by atoms with Crippen molar-refractivity contribution in [1.29, 1.82) is 0 Å². The minimum atomic E-state index is -0.0667. The maximum atomic E-state index is 4.25. The van der Waals surface area contributed by atoms with Gasteiger partial charge in [-0.15, -0.1) is 0 Å². The van der Waals surface area contributed by atoms with Crippen LogP contribution in [0.1, 0.15) is 20.3 Å². The van der Waals surface area contributed by atoms with Gasteiger partial charge in [-0.1, -0.05) is 24.3 Å². The Kier molecular flexibility index (Phi) is 4.23.